The van der Waals surface area contributed by atoms with E-state index in [1.54, 1.807) is 24.6 Å². The Kier molecular flexibility index (Phi) is 3.58. The number of nitrogens with one attached hydrogen (secondary N) is 1. The number of aryl methyl sites for hydroxylation is 1. The molecular weight excluding hydrogens is 234 g/mol. The van der Waals surface area contributed by atoms with Crippen LogP contribution in [0.2, 0.25) is 0 Å². The van der Waals surface area contributed by atoms with E-state index >= 15 is 0 Å². The zero-order chi connectivity index (χ0) is 12.3. The number of ether oxygens (including phenoxy) is 1. The number of hydrogen-bond acceptors (Lipinski definition) is 5. The summed E-state index contributed by atoms with van der Waals surface area (Å²) in [6.45, 7) is 4.03. The van der Waals surface area contributed by atoms with Crippen LogP contribution in [0.15, 0.2) is 23.8 Å². The molecule has 1 unspecified atom stereocenters. The fraction of sp³-hybridized carbons (Fsp3) is 0.333. The number of pyridine rings is 1. The molecule has 0 aromatic carbocycles. The van der Waals surface area contributed by atoms with Crippen LogP contribution in [0.1, 0.15) is 23.7 Å². The largest absolute Gasteiger partial charge is 0.493 e. The van der Waals surface area contributed by atoms with Crippen LogP contribution >= 0.6 is 11.3 Å². The van der Waals surface area contributed by atoms with Crippen molar-refractivity contribution in [2.24, 2.45) is 0 Å². The summed E-state index contributed by atoms with van der Waals surface area (Å²) in [5, 5.41) is 6.42. The Labute approximate surface area is 105 Å². The van der Waals surface area contributed by atoms with E-state index < -0.39 is 0 Å². The first kappa shape index (κ1) is 11.9. The zero-order valence-electron chi connectivity index (χ0n) is 10.1. The van der Waals surface area contributed by atoms with Crippen LogP contribution in [0.5, 0.6) is 5.75 Å². The van der Waals surface area contributed by atoms with Crippen LogP contribution in [0.4, 0.5) is 5.69 Å². The molecule has 90 valence electrons. The number of rotatable bonds is 4. The highest BCUT2D eigenvalue weighted by molar-refractivity contribution is 7.09. The van der Waals surface area contributed by atoms with E-state index in [0.29, 0.717) is 0 Å². The Morgan fingerprint density at radius 1 is 1.41 bits per heavy atom. The molecule has 0 bridgehead atoms. The van der Waals surface area contributed by atoms with Gasteiger partial charge in [0.2, 0.25) is 0 Å². The molecule has 0 aliphatic heterocycles. The van der Waals surface area contributed by atoms with E-state index in [0.717, 1.165) is 22.1 Å². The summed E-state index contributed by atoms with van der Waals surface area (Å²) in [7, 11) is 1.64. The molecule has 2 heterocycles. The van der Waals surface area contributed by atoms with Crippen molar-refractivity contribution in [3.05, 3.63) is 34.5 Å². The van der Waals surface area contributed by atoms with Gasteiger partial charge < -0.3 is 10.1 Å². The quantitative estimate of drug-likeness (QED) is 0.904. The van der Waals surface area contributed by atoms with Crippen LogP contribution in [0, 0.1) is 6.92 Å². The lowest BCUT2D eigenvalue weighted by Gasteiger charge is -2.15. The predicted octanol–water partition coefficient (Wildman–Crippen LogP) is 3.03. The first-order valence-electron chi connectivity index (χ1n) is 5.37. The Morgan fingerprint density at radius 2 is 2.24 bits per heavy atom. The molecule has 2 aromatic heterocycles. The average molecular weight is 249 g/mol. The molecule has 0 spiro atoms. The van der Waals surface area contributed by atoms with Gasteiger partial charge in [-0.2, -0.15) is 0 Å². The number of anilines is 1. The van der Waals surface area contributed by atoms with E-state index in [-0.39, 0.29) is 6.04 Å². The monoisotopic (exact) mass is 249 g/mol. The fourth-order valence-corrected chi connectivity index (χ4v) is 2.21. The lowest BCUT2D eigenvalue weighted by molar-refractivity contribution is 0.414. The molecule has 0 radical (unpaired) electrons. The second kappa shape index (κ2) is 5.14. The summed E-state index contributed by atoms with van der Waals surface area (Å²) in [6.07, 6.45) is 3.54. The standard InChI is InChI=1S/C12H15N3OS/c1-8-6-10(11(16-3)7-14-8)15-9(2)12-13-4-5-17-12/h4-7,9H,1-3H3,(H,14,15). The smallest absolute Gasteiger partial charge is 0.160 e. The number of aromatic nitrogens is 2. The van der Waals surface area contributed by atoms with Crippen molar-refractivity contribution in [3.63, 3.8) is 0 Å². The second-order valence-electron chi connectivity index (χ2n) is 3.76. The topological polar surface area (TPSA) is 47.0 Å². The van der Waals surface area contributed by atoms with Crippen molar-refractivity contribution in [2.45, 2.75) is 19.9 Å². The molecule has 4 nitrogen and oxygen atoms in total. The maximum absolute atomic E-state index is 5.28. The van der Waals surface area contributed by atoms with Crippen molar-refractivity contribution in [1.29, 1.82) is 0 Å². The summed E-state index contributed by atoms with van der Waals surface area (Å²) in [5.41, 5.74) is 1.90. The third-order valence-electron chi connectivity index (χ3n) is 2.42. The first-order valence-corrected chi connectivity index (χ1v) is 6.25. The van der Waals surface area contributed by atoms with Crippen molar-refractivity contribution < 1.29 is 4.74 Å². The normalized spacial score (nSPS) is 12.2. The fourth-order valence-electron chi connectivity index (χ4n) is 1.57. The van der Waals surface area contributed by atoms with Gasteiger partial charge in [0.05, 0.1) is 25.0 Å². The molecule has 1 N–H and O–H groups in total. The van der Waals surface area contributed by atoms with Gasteiger partial charge in [-0.25, -0.2) is 4.98 Å². The van der Waals surface area contributed by atoms with Gasteiger partial charge >= 0.3 is 0 Å². The van der Waals surface area contributed by atoms with Crippen molar-refractivity contribution in [1.82, 2.24) is 9.97 Å². The van der Waals surface area contributed by atoms with Gasteiger partial charge in [0.25, 0.3) is 0 Å². The molecule has 2 rings (SSSR count). The van der Waals surface area contributed by atoms with Crippen molar-refractivity contribution in [3.8, 4) is 5.75 Å². The van der Waals surface area contributed by atoms with Gasteiger partial charge in [0.15, 0.2) is 5.75 Å². The van der Waals surface area contributed by atoms with Crippen molar-refractivity contribution >= 4 is 17.0 Å². The van der Waals surface area contributed by atoms with E-state index in [4.69, 9.17) is 4.74 Å². The van der Waals surface area contributed by atoms with Gasteiger partial charge in [0, 0.05) is 17.3 Å². The molecule has 0 aliphatic rings. The zero-order valence-corrected chi connectivity index (χ0v) is 10.9. The minimum Gasteiger partial charge on any atom is -0.493 e. The molecular formula is C12H15N3OS. The molecule has 0 fully saturated rings. The molecule has 0 saturated carbocycles. The van der Waals surface area contributed by atoms with Crippen LogP contribution in [-0.4, -0.2) is 17.1 Å². The molecule has 5 heteroatoms. The Morgan fingerprint density at radius 3 is 2.88 bits per heavy atom. The van der Waals surface area contributed by atoms with Crippen LogP contribution < -0.4 is 10.1 Å². The first-order chi connectivity index (χ1) is 8.20. The molecule has 17 heavy (non-hydrogen) atoms. The van der Waals surface area contributed by atoms with E-state index in [2.05, 4.69) is 22.2 Å². The summed E-state index contributed by atoms with van der Waals surface area (Å²) in [4.78, 5) is 8.49. The van der Waals surface area contributed by atoms with E-state index in [1.165, 1.54) is 0 Å². The highest BCUT2D eigenvalue weighted by Crippen LogP contribution is 2.28. The lowest BCUT2D eigenvalue weighted by Crippen LogP contribution is -2.07. The van der Waals surface area contributed by atoms with Gasteiger partial charge in [-0.15, -0.1) is 11.3 Å². The molecule has 0 amide bonds. The summed E-state index contributed by atoms with van der Waals surface area (Å²) in [6, 6.07) is 2.13. The third kappa shape index (κ3) is 2.74. The number of thiazole rings is 1. The van der Waals surface area contributed by atoms with E-state index in [9.17, 15) is 0 Å². The van der Waals surface area contributed by atoms with Gasteiger partial charge in [-0.1, -0.05) is 0 Å². The Bertz CT molecular complexity index is 485. The van der Waals surface area contributed by atoms with Gasteiger partial charge in [0.1, 0.15) is 5.01 Å². The maximum Gasteiger partial charge on any atom is 0.160 e. The van der Waals surface area contributed by atoms with Crippen LogP contribution in [-0.2, 0) is 0 Å². The minimum absolute atomic E-state index is 0.158. The average Bonchev–Trinajstić information content (AvgIpc) is 2.83. The molecule has 0 aliphatic carbocycles. The summed E-state index contributed by atoms with van der Waals surface area (Å²) >= 11 is 1.64. The Balaban J connectivity index is 2.20. The lowest BCUT2D eigenvalue weighted by atomic mass is 10.2. The maximum atomic E-state index is 5.28. The molecule has 2 aromatic rings. The number of hydrogen-bond donors (Lipinski definition) is 1. The van der Waals surface area contributed by atoms with Crippen LogP contribution in [0.25, 0.3) is 0 Å². The number of methoxy groups -OCH3 is 1. The van der Waals surface area contributed by atoms with E-state index in [1.807, 2.05) is 24.6 Å². The predicted molar refractivity (Wildman–Crippen MR) is 69.7 cm³/mol. The summed E-state index contributed by atoms with van der Waals surface area (Å²) in [5.74, 6) is 0.749. The van der Waals surface area contributed by atoms with Crippen LogP contribution in [0.3, 0.4) is 0 Å². The molecule has 0 saturated heterocycles. The summed E-state index contributed by atoms with van der Waals surface area (Å²) < 4.78 is 5.28. The Hall–Kier alpha value is -1.62. The molecule has 1 atom stereocenters. The van der Waals surface area contributed by atoms with Crippen molar-refractivity contribution in [2.75, 3.05) is 12.4 Å². The van der Waals surface area contributed by atoms with Gasteiger partial charge in [-0.05, 0) is 19.9 Å². The highest BCUT2D eigenvalue weighted by Gasteiger charge is 2.11. The highest BCUT2D eigenvalue weighted by atomic mass is 32.1. The number of nitrogens with zero attached hydrogens (tertiary/aromatic N) is 2. The SMILES string of the molecule is COc1cnc(C)cc1NC(C)c1nccs1. The second-order valence-corrected chi connectivity index (χ2v) is 4.69. The third-order valence-corrected chi connectivity index (χ3v) is 3.38. The minimum atomic E-state index is 0.158. The van der Waals surface area contributed by atoms with Gasteiger partial charge in [-0.3, -0.25) is 4.98 Å².